The van der Waals surface area contributed by atoms with Gasteiger partial charge in [-0.15, -0.1) is 0 Å². The smallest absolute Gasteiger partial charge is 0.253 e. The summed E-state index contributed by atoms with van der Waals surface area (Å²) in [4.78, 5) is 39.8. The number of rotatable bonds is 8. The van der Waals surface area contributed by atoms with Crippen molar-refractivity contribution in [2.24, 2.45) is 0 Å². The molecule has 1 N–H and O–H groups in total. The predicted octanol–water partition coefficient (Wildman–Crippen LogP) is 3.35. The molecule has 2 rings (SSSR count). The number of carbonyl (C=O) groups excluding carboxylic acids is 3. The number of nitrogens with zero attached hydrogens (tertiary/aromatic N) is 2. The molecule has 2 aromatic rings. The van der Waals surface area contributed by atoms with E-state index in [9.17, 15) is 18.8 Å². The summed E-state index contributed by atoms with van der Waals surface area (Å²) in [6, 6.07) is 10.7. The summed E-state index contributed by atoms with van der Waals surface area (Å²) >= 11 is 5.88. The van der Waals surface area contributed by atoms with E-state index in [0.717, 1.165) is 17.7 Å². The standard InChI is InChI=1S/C22H25ClFN3O3/c1-4-27(14-15-5-7-16(8-6-15)22(30)26(2)3)20(28)11-12-25-21(29)18-10-9-17(24)13-19(18)23/h5-10,13H,4,11-12,14H2,1-3H3,(H,25,29). The molecule has 0 saturated carbocycles. The van der Waals surface area contributed by atoms with Gasteiger partial charge in [0.2, 0.25) is 5.91 Å². The Kier molecular flexibility index (Phi) is 8.35. The van der Waals surface area contributed by atoms with E-state index in [0.29, 0.717) is 18.7 Å². The molecule has 8 heteroatoms. The molecule has 0 fully saturated rings. The van der Waals surface area contributed by atoms with Gasteiger partial charge in [-0.2, -0.15) is 0 Å². The van der Waals surface area contributed by atoms with Crippen LogP contribution >= 0.6 is 11.6 Å². The van der Waals surface area contributed by atoms with Gasteiger partial charge in [-0.05, 0) is 42.8 Å². The van der Waals surface area contributed by atoms with Crippen LogP contribution in [0.15, 0.2) is 42.5 Å². The Hall–Kier alpha value is -2.93. The fraction of sp³-hybridized carbons (Fsp3) is 0.318. The number of nitrogens with one attached hydrogen (secondary N) is 1. The van der Waals surface area contributed by atoms with E-state index in [4.69, 9.17) is 11.6 Å². The fourth-order valence-corrected chi connectivity index (χ4v) is 3.07. The first-order valence-electron chi connectivity index (χ1n) is 9.54. The molecule has 0 unspecified atom stereocenters. The largest absolute Gasteiger partial charge is 0.351 e. The van der Waals surface area contributed by atoms with Crippen molar-refractivity contribution in [2.75, 3.05) is 27.2 Å². The molecule has 0 aromatic heterocycles. The summed E-state index contributed by atoms with van der Waals surface area (Å²) in [6.07, 6.45) is 0.121. The lowest BCUT2D eigenvalue weighted by atomic mass is 10.1. The van der Waals surface area contributed by atoms with Crippen LogP contribution in [0.25, 0.3) is 0 Å². The van der Waals surface area contributed by atoms with Gasteiger partial charge >= 0.3 is 0 Å². The molecule has 0 aliphatic carbocycles. The second kappa shape index (κ2) is 10.7. The van der Waals surface area contributed by atoms with Gasteiger partial charge in [0.05, 0.1) is 10.6 Å². The van der Waals surface area contributed by atoms with Crippen molar-refractivity contribution in [3.05, 3.63) is 70.0 Å². The molecular formula is C22H25ClFN3O3. The molecule has 0 spiro atoms. The van der Waals surface area contributed by atoms with E-state index >= 15 is 0 Å². The number of amides is 3. The molecule has 30 heavy (non-hydrogen) atoms. The molecular weight excluding hydrogens is 409 g/mol. The quantitative estimate of drug-likeness (QED) is 0.694. The van der Waals surface area contributed by atoms with Crippen LogP contribution in [-0.4, -0.2) is 54.7 Å². The summed E-state index contributed by atoms with van der Waals surface area (Å²) in [5, 5.41) is 2.65. The Morgan fingerprint density at radius 3 is 2.30 bits per heavy atom. The molecule has 160 valence electrons. The third-order valence-corrected chi connectivity index (χ3v) is 4.83. The predicted molar refractivity (Wildman–Crippen MR) is 114 cm³/mol. The first-order valence-corrected chi connectivity index (χ1v) is 9.92. The van der Waals surface area contributed by atoms with Crippen molar-refractivity contribution in [3.63, 3.8) is 0 Å². The van der Waals surface area contributed by atoms with Crippen molar-refractivity contribution in [1.82, 2.24) is 15.1 Å². The lowest BCUT2D eigenvalue weighted by Crippen LogP contribution is -2.34. The molecule has 0 heterocycles. The fourth-order valence-electron chi connectivity index (χ4n) is 2.82. The van der Waals surface area contributed by atoms with Crippen molar-refractivity contribution < 1.29 is 18.8 Å². The maximum atomic E-state index is 13.1. The second-order valence-electron chi connectivity index (χ2n) is 6.93. The summed E-state index contributed by atoms with van der Waals surface area (Å²) in [5.41, 5.74) is 1.65. The van der Waals surface area contributed by atoms with Gasteiger partial charge in [0.25, 0.3) is 11.8 Å². The SMILES string of the molecule is CCN(Cc1ccc(C(=O)N(C)C)cc1)C(=O)CCNC(=O)c1ccc(F)cc1Cl. The van der Waals surface area contributed by atoms with Crippen molar-refractivity contribution in [2.45, 2.75) is 19.9 Å². The van der Waals surface area contributed by atoms with Crippen LogP contribution in [0.5, 0.6) is 0 Å². The van der Waals surface area contributed by atoms with Crippen LogP contribution in [0.2, 0.25) is 5.02 Å². The monoisotopic (exact) mass is 433 g/mol. The average molecular weight is 434 g/mol. The van der Waals surface area contributed by atoms with E-state index in [1.165, 1.54) is 11.0 Å². The number of hydrogen-bond acceptors (Lipinski definition) is 3. The Morgan fingerprint density at radius 1 is 1.07 bits per heavy atom. The van der Waals surface area contributed by atoms with Crippen LogP contribution in [0.1, 0.15) is 39.6 Å². The lowest BCUT2D eigenvalue weighted by Gasteiger charge is -2.21. The third kappa shape index (κ3) is 6.29. The van der Waals surface area contributed by atoms with Gasteiger partial charge < -0.3 is 15.1 Å². The Labute approximate surface area is 180 Å². The zero-order valence-electron chi connectivity index (χ0n) is 17.2. The number of halogens is 2. The molecule has 3 amide bonds. The van der Waals surface area contributed by atoms with Crippen LogP contribution in [-0.2, 0) is 11.3 Å². The summed E-state index contributed by atoms with van der Waals surface area (Å²) < 4.78 is 13.1. The average Bonchev–Trinajstić information content (AvgIpc) is 2.71. The minimum absolute atomic E-state index is 0.0187. The lowest BCUT2D eigenvalue weighted by molar-refractivity contribution is -0.131. The Balaban J connectivity index is 1.88. The zero-order valence-corrected chi connectivity index (χ0v) is 18.0. The molecule has 0 radical (unpaired) electrons. The Bertz CT molecular complexity index is 916. The van der Waals surface area contributed by atoms with Gasteiger partial charge in [0.15, 0.2) is 0 Å². The van der Waals surface area contributed by atoms with Crippen LogP contribution in [0.4, 0.5) is 4.39 Å². The van der Waals surface area contributed by atoms with E-state index in [2.05, 4.69) is 5.32 Å². The zero-order chi connectivity index (χ0) is 22.3. The highest BCUT2D eigenvalue weighted by atomic mass is 35.5. The molecule has 2 aromatic carbocycles. The van der Waals surface area contributed by atoms with Crippen LogP contribution in [0.3, 0.4) is 0 Å². The third-order valence-electron chi connectivity index (χ3n) is 4.52. The van der Waals surface area contributed by atoms with E-state index < -0.39 is 11.7 Å². The Morgan fingerprint density at radius 2 is 1.73 bits per heavy atom. The van der Waals surface area contributed by atoms with Crippen molar-refractivity contribution >= 4 is 29.3 Å². The highest BCUT2D eigenvalue weighted by molar-refractivity contribution is 6.33. The van der Waals surface area contributed by atoms with E-state index in [1.54, 1.807) is 31.1 Å². The summed E-state index contributed by atoms with van der Waals surface area (Å²) in [5.74, 6) is -1.18. The van der Waals surface area contributed by atoms with E-state index in [1.807, 2.05) is 19.1 Å². The maximum Gasteiger partial charge on any atom is 0.253 e. The number of hydrogen-bond donors (Lipinski definition) is 1. The topological polar surface area (TPSA) is 69.7 Å². The van der Waals surface area contributed by atoms with Gasteiger partial charge in [-0.3, -0.25) is 14.4 Å². The summed E-state index contributed by atoms with van der Waals surface area (Å²) in [6.45, 7) is 2.93. The van der Waals surface area contributed by atoms with Gasteiger partial charge in [0, 0.05) is 45.7 Å². The molecule has 0 bridgehead atoms. The summed E-state index contributed by atoms with van der Waals surface area (Å²) in [7, 11) is 3.38. The highest BCUT2D eigenvalue weighted by Crippen LogP contribution is 2.17. The van der Waals surface area contributed by atoms with Crippen molar-refractivity contribution in [1.29, 1.82) is 0 Å². The maximum absolute atomic E-state index is 13.1. The molecule has 0 aliphatic heterocycles. The van der Waals surface area contributed by atoms with E-state index in [-0.39, 0.29) is 35.4 Å². The number of benzene rings is 2. The van der Waals surface area contributed by atoms with Crippen molar-refractivity contribution in [3.8, 4) is 0 Å². The van der Waals surface area contributed by atoms with Gasteiger partial charge in [0.1, 0.15) is 5.82 Å². The normalized spacial score (nSPS) is 10.4. The first kappa shape index (κ1) is 23.3. The van der Waals surface area contributed by atoms with Crippen LogP contribution < -0.4 is 5.32 Å². The van der Waals surface area contributed by atoms with Gasteiger partial charge in [-0.25, -0.2) is 4.39 Å². The minimum Gasteiger partial charge on any atom is -0.351 e. The first-order chi connectivity index (χ1) is 14.2. The minimum atomic E-state index is -0.524. The van der Waals surface area contributed by atoms with Gasteiger partial charge in [-0.1, -0.05) is 23.7 Å². The highest BCUT2D eigenvalue weighted by Gasteiger charge is 2.15. The second-order valence-corrected chi connectivity index (χ2v) is 7.34. The molecule has 0 aliphatic rings. The van der Waals surface area contributed by atoms with Crippen LogP contribution in [0, 0.1) is 5.82 Å². The molecule has 0 atom stereocenters. The molecule has 0 saturated heterocycles. The molecule has 6 nitrogen and oxygen atoms in total. The number of carbonyl (C=O) groups is 3.